The van der Waals surface area contributed by atoms with Crippen LogP contribution < -0.4 is 0 Å². The van der Waals surface area contributed by atoms with Crippen molar-refractivity contribution in [1.82, 2.24) is 4.90 Å². The number of hydrogen-bond acceptors (Lipinski definition) is 2. The lowest BCUT2D eigenvalue weighted by Gasteiger charge is -2.33. The molecule has 2 nitrogen and oxygen atoms in total. The zero-order valence-corrected chi connectivity index (χ0v) is 11.6. The standard InChI is InChI=1S/C12H25NOS/c1-6-11(7-2)13(8-9(3)4)12(14)10(5)15/h9-11,15H,6-8H2,1-5H3. The third-order valence-electron chi connectivity index (χ3n) is 2.59. The first-order valence-corrected chi connectivity index (χ1v) is 6.44. The summed E-state index contributed by atoms with van der Waals surface area (Å²) in [4.78, 5) is 14.0. The Morgan fingerprint density at radius 2 is 1.67 bits per heavy atom. The molecule has 15 heavy (non-hydrogen) atoms. The Hall–Kier alpha value is -0.180. The maximum absolute atomic E-state index is 12.0. The quantitative estimate of drug-likeness (QED) is 0.697. The molecule has 0 aliphatic rings. The third-order valence-corrected chi connectivity index (χ3v) is 2.81. The second kappa shape index (κ2) is 7.15. The fourth-order valence-electron chi connectivity index (χ4n) is 1.78. The summed E-state index contributed by atoms with van der Waals surface area (Å²) in [7, 11) is 0. The van der Waals surface area contributed by atoms with E-state index in [0.29, 0.717) is 12.0 Å². The number of rotatable bonds is 6. The number of nitrogens with zero attached hydrogens (tertiary/aromatic N) is 1. The van der Waals surface area contributed by atoms with E-state index in [4.69, 9.17) is 0 Å². The van der Waals surface area contributed by atoms with E-state index in [-0.39, 0.29) is 11.2 Å². The largest absolute Gasteiger partial charge is 0.339 e. The van der Waals surface area contributed by atoms with Gasteiger partial charge in [0.2, 0.25) is 5.91 Å². The van der Waals surface area contributed by atoms with Crippen LogP contribution in [0.4, 0.5) is 0 Å². The molecule has 0 bridgehead atoms. The molecule has 0 fully saturated rings. The number of carbonyl (C=O) groups excluding carboxylic acids is 1. The van der Waals surface area contributed by atoms with Gasteiger partial charge in [-0.05, 0) is 25.7 Å². The SMILES string of the molecule is CCC(CC)N(CC(C)C)C(=O)C(C)S. The van der Waals surface area contributed by atoms with Crippen molar-refractivity contribution in [3.05, 3.63) is 0 Å². The van der Waals surface area contributed by atoms with Crippen LogP contribution in [0, 0.1) is 5.92 Å². The highest BCUT2D eigenvalue weighted by Gasteiger charge is 2.24. The van der Waals surface area contributed by atoms with Gasteiger partial charge in [0.1, 0.15) is 0 Å². The van der Waals surface area contributed by atoms with E-state index in [1.807, 2.05) is 11.8 Å². The van der Waals surface area contributed by atoms with Crippen LogP contribution in [0.5, 0.6) is 0 Å². The molecule has 0 rings (SSSR count). The highest BCUT2D eigenvalue weighted by Crippen LogP contribution is 2.14. The first-order chi connectivity index (χ1) is 6.93. The van der Waals surface area contributed by atoms with Gasteiger partial charge in [0.05, 0.1) is 5.25 Å². The van der Waals surface area contributed by atoms with Gasteiger partial charge in [0.15, 0.2) is 0 Å². The smallest absolute Gasteiger partial charge is 0.235 e. The van der Waals surface area contributed by atoms with Gasteiger partial charge >= 0.3 is 0 Å². The number of thiol groups is 1. The molecule has 0 aliphatic heterocycles. The number of amides is 1. The zero-order valence-electron chi connectivity index (χ0n) is 10.7. The third kappa shape index (κ3) is 4.92. The monoisotopic (exact) mass is 231 g/mol. The average molecular weight is 231 g/mol. The van der Waals surface area contributed by atoms with Gasteiger partial charge in [0.25, 0.3) is 0 Å². The molecular weight excluding hydrogens is 206 g/mol. The van der Waals surface area contributed by atoms with Crippen molar-refractivity contribution in [1.29, 1.82) is 0 Å². The molecular formula is C12H25NOS. The minimum atomic E-state index is -0.190. The molecule has 0 aromatic carbocycles. The van der Waals surface area contributed by atoms with Crippen LogP contribution in [0.2, 0.25) is 0 Å². The Morgan fingerprint density at radius 3 is 1.93 bits per heavy atom. The van der Waals surface area contributed by atoms with Gasteiger partial charge in [0, 0.05) is 12.6 Å². The molecule has 3 heteroatoms. The topological polar surface area (TPSA) is 20.3 Å². The second-order valence-corrected chi connectivity index (χ2v) is 5.31. The van der Waals surface area contributed by atoms with Crippen molar-refractivity contribution in [3.8, 4) is 0 Å². The van der Waals surface area contributed by atoms with Crippen LogP contribution in [0.3, 0.4) is 0 Å². The summed E-state index contributed by atoms with van der Waals surface area (Å²) in [5.74, 6) is 0.683. The summed E-state index contributed by atoms with van der Waals surface area (Å²) in [5, 5.41) is -0.190. The highest BCUT2D eigenvalue weighted by atomic mass is 32.1. The van der Waals surface area contributed by atoms with E-state index in [2.05, 4.69) is 40.3 Å². The normalized spacial score (nSPS) is 13.3. The zero-order chi connectivity index (χ0) is 12.0. The summed E-state index contributed by atoms with van der Waals surface area (Å²) in [5.41, 5.74) is 0. The number of carbonyl (C=O) groups is 1. The fraction of sp³-hybridized carbons (Fsp3) is 0.917. The molecule has 1 amide bonds. The van der Waals surface area contributed by atoms with Gasteiger partial charge in [-0.3, -0.25) is 4.79 Å². The van der Waals surface area contributed by atoms with Crippen LogP contribution in [-0.2, 0) is 4.79 Å². The Balaban J connectivity index is 4.62. The van der Waals surface area contributed by atoms with Crippen molar-refractivity contribution in [3.63, 3.8) is 0 Å². The fourth-order valence-corrected chi connectivity index (χ4v) is 1.93. The molecule has 0 aromatic heterocycles. The van der Waals surface area contributed by atoms with Crippen LogP contribution in [0.25, 0.3) is 0 Å². The van der Waals surface area contributed by atoms with Crippen LogP contribution in [0.15, 0.2) is 0 Å². The maximum atomic E-state index is 12.0. The van der Waals surface area contributed by atoms with Crippen molar-refractivity contribution < 1.29 is 4.79 Å². The van der Waals surface area contributed by atoms with Gasteiger partial charge in [-0.25, -0.2) is 0 Å². The molecule has 1 unspecified atom stereocenters. The van der Waals surface area contributed by atoms with E-state index in [1.165, 1.54) is 0 Å². The summed E-state index contributed by atoms with van der Waals surface area (Å²) >= 11 is 4.24. The lowest BCUT2D eigenvalue weighted by Crippen LogP contribution is -2.45. The Morgan fingerprint density at radius 1 is 1.20 bits per heavy atom. The molecule has 0 N–H and O–H groups in total. The molecule has 90 valence electrons. The molecule has 0 aromatic rings. The van der Waals surface area contributed by atoms with Crippen molar-refractivity contribution in [2.75, 3.05) is 6.54 Å². The summed E-state index contributed by atoms with van der Waals surface area (Å²) in [6.45, 7) is 11.3. The predicted molar refractivity (Wildman–Crippen MR) is 69.4 cm³/mol. The molecule has 0 spiro atoms. The van der Waals surface area contributed by atoms with Crippen LogP contribution in [0.1, 0.15) is 47.5 Å². The van der Waals surface area contributed by atoms with Gasteiger partial charge < -0.3 is 4.90 Å². The van der Waals surface area contributed by atoms with Gasteiger partial charge in [-0.15, -0.1) is 0 Å². The minimum Gasteiger partial charge on any atom is -0.339 e. The number of hydrogen-bond donors (Lipinski definition) is 1. The van der Waals surface area contributed by atoms with Crippen molar-refractivity contribution in [2.45, 2.75) is 58.8 Å². The van der Waals surface area contributed by atoms with Crippen LogP contribution >= 0.6 is 12.6 Å². The highest BCUT2D eigenvalue weighted by molar-refractivity contribution is 7.81. The van der Waals surface area contributed by atoms with Crippen molar-refractivity contribution >= 4 is 18.5 Å². The van der Waals surface area contributed by atoms with E-state index in [1.54, 1.807) is 0 Å². The molecule has 1 atom stereocenters. The molecule has 0 saturated heterocycles. The molecule has 0 saturated carbocycles. The summed E-state index contributed by atoms with van der Waals surface area (Å²) < 4.78 is 0. The van der Waals surface area contributed by atoms with Crippen LogP contribution in [-0.4, -0.2) is 28.6 Å². The van der Waals surface area contributed by atoms with E-state index in [9.17, 15) is 4.79 Å². The van der Waals surface area contributed by atoms with Gasteiger partial charge in [-0.1, -0.05) is 27.7 Å². The first kappa shape index (κ1) is 14.8. The maximum Gasteiger partial charge on any atom is 0.235 e. The average Bonchev–Trinajstić information content (AvgIpc) is 2.16. The lowest BCUT2D eigenvalue weighted by molar-refractivity contribution is -0.133. The van der Waals surface area contributed by atoms with Crippen molar-refractivity contribution in [2.24, 2.45) is 5.92 Å². The van der Waals surface area contributed by atoms with Gasteiger partial charge in [-0.2, -0.15) is 12.6 Å². The molecule has 0 aliphatic carbocycles. The van der Waals surface area contributed by atoms with E-state index in [0.717, 1.165) is 19.4 Å². The Kier molecular flexibility index (Phi) is 7.07. The lowest BCUT2D eigenvalue weighted by atomic mass is 10.1. The van der Waals surface area contributed by atoms with E-state index < -0.39 is 0 Å². The summed E-state index contributed by atoms with van der Waals surface area (Å²) in [6.07, 6.45) is 2.05. The second-order valence-electron chi connectivity index (χ2n) is 4.53. The minimum absolute atomic E-state index is 0.167. The molecule has 0 radical (unpaired) electrons. The Labute approximate surface area is 99.8 Å². The predicted octanol–water partition coefficient (Wildman–Crippen LogP) is 2.98. The Bertz CT molecular complexity index is 188. The first-order valence-electron chi connectivity index (χ1n) is 5.92. The van der Waals surface area contributed by atoms with E-state index >= 15 is 0 Å². The summed E-state index contributed by atoms with van der Waals surface area (Å²) in [6, 6.07) is 0.370. The molecule has 0 heterocycles.